The van der Waals surface area contributed by atoms with Crippen LogP contribution in [0.15, 0.2) is 59.1 Å². The van der Waals surface area contributed by atoms with E-state index in [1.807, 2.05) is 12.1 Å². The van der Waals surface area contributed by atoms with E-state index in [1.165, 1.54) is 12.1 Å². The van der Waals surface area contributed by atoms with Crippen LogP contribution in [0, 0.1) is 12.7 Å². The summed E-state index contributed by atoms with van der Waals surface area (Å²) in [5.74, 6) is -0.271. The Hall–Kier alpha value is -1.71. The Bertz CT molecular complexity index is 813. The van der Waals surface area contributed by atoms with Crippen LogP contribution in [0.5, 0.6) is 0 Å². The van der Waals surface area contributed by atoms with Gasteiger partial charge in [-0.15, -0.1) is 0 Å². The van der Waals surface area contributed by atoms with Gasteiger partial charge in [-0.05, 0) is 46.5 Å². The van der Waals surface area contributed by atoms with Crippen LogP contribution in [-0.2, 0) is 0 Å². The van der Waals surface area contributed by atoms with E-state index in [-0.39, 0.29) is 11.9 Å². The molecule has 3 rings (SSSR count). The first kappa shape index (κ1) is 14.2. The summed E-state index contributed by atoms with van der Waals surface area (Å²) in [6, 6.07) is 16.7. The van der Waals surface area contributed by atoms with Gasteiger partial charge in [-0.3, -0.25) is 0 Å². The van der Waals surface area contributed by atoms with Crippen LogP contribution in [0.25, 0.3) is 10.8 Å². The number of rotatable bonds is 2. The van der Waals surface area contributed by atoms with E-state index >= 15 is 0 Å². The van der Waals surface area contributed by atoms with Gasteiger partial charge in [0.1, 0.15) is 5.82 Å². The maximum absolute atomic E-state index is 13.3. The van der Waals surface area contributed by atoms with Crippen LogP contribution in [-0.4, -0.2) is 0 Å². The lowest BCUT2D eigenvalue weighted by Crippen LogP contribution is -2.14. The van der Waals surface area contributed by atoms with Crippen molar-refractivity contribution in [2.24, 2.45) is 5.73 Å². The molecule has 2 N–H and O–H groups in total. The molecule has 0 saturated heterocycles. The molecule has 3 heteroatoms. The Morgan fingerprint density at radius 1 is 1.05 bits per heavy atom. The molecule has 0 aliphatic carbocycles. The third-order valence-electron chi connectivity index (χ3n) is 3.80. The van der Waals surface area contributed by atoms with Gasteiger partial charge < -0.3 is 5.73 Å². The van der Waals surface area contributed by atoms with Crippen LogP contribution in [0.2, 0.25) is 0 Å². The predicted molar refractivity (Wildman–Crippen MR) is 88.8 cm³/mol. The average molecular weight is 344 g/mol. The zero-order valence-corrected chi connectivity index (χ0v) is 13.2. The molecule has 3 aromatic carbocycles. The Kier molecular flexibility index (Phi) is 3.79. The van der Waals surface area contributed by atoms with Crippen molar-refractivity contribution in [3.05, 3.63) is 81.6 Å². The molecule has 0 saturated carbocycles. The summed E-state index contributed by atoms with van der Waals surface area (Å²) < 4.78 is 14.0. The molecule has 106 valence electrons. The number of halogens is 2. The van der Waals surface area contributed by atoms with E-state index in [0.29, 0.717) is 4.47 Å². The first-order valence-electron chi connectivity index (χ1n) is 6.76. The maximum Gasteiger partial charge on any atom is 0.124 e. The third kappa shape index (κ3) is 2.59. The fourth-order valence-corrected chi connectivity index (χ4v) is 3.32. The van der Waals surface area contributed by atoms with Gasteiger partial charge >= 0.3 is 0 Å². The molecule has 0 spiro atoms. The molecule has 0 radical (unpaired) electrons. The molecule has 21 heavy (non-hydrogen) atoms. The highest BCUT2D eigenvalue weighted by Gasteiger charge is 2.17. The van der Waals surface area contributed by atoms with Crippen molar-refractivity contribution in [2.75, 3.05) is 0 Å². The number of hydrogen-bond acceptors (Lipinski definition) is 1. The summed E-state index contributed by atoms with van der Waals surface area (Å²) in [6.07, 6.45) is 0. The smallest absolute Gasteiger partial charge is 0.124 e. The SMILES string of the molecule is Cc1ccc2ccccc2c1C(N)c1ccc(F)cc1Br. The summed E-state index contributed by atoms with van der Waals surface area (Å²) in [5.41, 5.74) is 9.59. The molecule has 1 nitrogen and oxygen atoms in total. The molecule has 0 bridgehead atoms. The lowest BCUT2D eigenvalue weighted by Gasteiger charge is -2.19. The van der Waals surface area contributed by atoms with Gasteiger partial charge in [0.05, 0.1) is 6.04 Å². The molecule has 0 aromatic heterocycles. The van der Waals surface area contributed by atoms with E-state index in [9.17, 15) is 4.39 Å². The zero-order chi connectivity index (χ0) is 15.0. The topological polar surface area (TPSA) is 26.0 Å². The van der Waals surface area contributed by atoms with Gasteiger partial charge in [-0.2, -0.15) is 0 Å². The fraction of sp³-hybridized carbons (Fsp3) is 0.111. The molecule has 3 aromatic rings. The van der Waals surface area contributed by atoms with Crippen LogP contribution < -0.4 is 5.73 Å². The Morgan fingerprint density at radius 3 is 2.57 bits per heavy atom. The minimum Gasteiger partial charge on any atom is -0.320 e. The second-order valence-electron chi connectivity index (χ2n) is 5.16. The van der Waals surface area contributed by atoms with Crippen molar-refractivity contribution in [2.45, 2.75) is 13.0 Å². The summed E-state index contributed by atoms with van der Waals surface area (Å²) in [4.78, 5) is 0. The van der Waals surface area contributed by atoms with E-state index in [1.54, 1.807) is 6.07 Å². The van der Waals surface area contributed by atoms with E-state index in [2.05, 4.69) is 47.1 Å². The molecule has 1 atom stereocenters. The van der Waals surface area contributed by atoms with Crippen molar-refractivity contribution in [1.29, 1.82) is 0 Å². The van der Waals surface area contributed by atoms with Gasteiger partial charge in [0.15, 0.2) is 0 Å². The summed E-state index contributed by atoms with van der Waals surface area (Å²) >= 11 is 3.41. The van der Waals surface area contributed by atoms with Gasteiger partial charge in [0, 0.05) is 4.47 Å². The largest absolute Gasteiger partial charge is 0.320 e. The van der Waals surface area contributed by atoms with E-state index < -0.39 is 0 Å². The molecule has 0 aliphatic heterocycles. The number of fused-ring (bicyclic) bond motifs is 1. The molecule has 0 aliphatic rings. The Balaban J connectivity index is 2.21. The maximum atomic E-state index is 13.3. The fourth-order valence-electron chi connectivity index (χ4n) is 2.73. The molecular weight excluding hydrogens is 329 g/mol. The zero-order valence-electron chi connectivity index (χ0n) is 11.6. The lowest BCUT2D eigenvalue weighted by atomic mass is 9.91. The highest BCUT2D eigenvalue weighted by molar-refractivity contribution is 9.10. The van der Waals surface area contributed by atoms with Crippen molar-refractivity contribution >= 4 is 26.7 Å². The number of benzene rings is 3. The van der Waals surface area contributed by atoms with E-state index in [4.69, 9.17) is 5.73 Å². The quantitative estimate of drug-likeness (QED) is 0.688. The van der Waals surface area contributed by atoms with Crippen molar-refractivity contribution in [3.63, 3.8) is 0 Å². The summed E-state index contributed by atoms with van der Waals surface area (Å²) in [7, 11) is 0. The molecule has 1 unspecified atom stereocenters. The second kappa shape index (κ2) is 5.58. The van der Waals surface area contributed by atoms with Crippen LogP contribution in [0.1, 0.15) is 22.7 Å². The van der Waals surface area contributed by atoms with E-state index in [0.717, 1.165) is 27.5 Å². The first-order chi connectivity index (χ1) is 10.1. The van der Waals surface area contributed by atoms with Crippen molar-refractivity contribution < 1.29 is 4.39 Å². The molecular formula is C18H15BrFN. The summed E-state index contributed by atoms with van der Waals surface area (Å²) in [6.45, 7) is 2.05. The van der Waals surface area contributed by atoms with Gasteiger partial charge in [-0.25, -0.2) is 4.39 Å². The lowest BCUT2D eigenvalue weighted by molar-refractivity contribution is 0.625. The Morgan fingerprint density at radius 2 is 1.81 bits per heavy atom. The molecule has 0 amide bonds. The predicted octanol–water partition coefficient (Wildman–Crippen LogP) is 5.10. The van der Waals surface area contributed by atoms with Crippen LogP contribution >= 0.6 is 15.9 Å². The highest BCUT2D eigenvalue weighted by atomic mass is 79.9. The van der Waals surface area contributed by atoms with Crippen molar-refractivity contribution in [1.82, 2.24) is 0 Å². The number of hydrogen-bond donors (Lipinski definition) is 1. The van der Waals surface area contributed by atoms with Crippen molar-refractivity contribution in [3.8, 4) is 0 Å². The van der Waals surface area contributed by atoms with Crippen LogP contribution in [0.4, 0.5) is 4.39 Å². The highest BCUT2D eigenvalue weighted by Crippen LogP contribution is 2.33. The standard InChI is InChI=1S/C18H15BrFN/c1-11-6-7-12-4-2-3-5-14(12)17(11)18(21)15-9-8-13(20)10-16(15)19/h2-10,18H,21H2,1H3. The van der Waals surface area contributed by atoms with Gasteiger partial charge in [-0.1, -0.05) is 58.4 Å². The number of nitrogens with two attached hydrogens (primary N) is 1. The Labute approximate surface area is 131 Å². The minimum absolute atomic E-state index is 0.271. The van der Waals surface area contributed by atoms with Gasteiger partial charge in [0.25, 0.3) is 0 Å². The number of aryl methyl sites for hydroxylation is 1. The minimum atomic E-state index is -0.300. The first-order valence-corrected chi connectivity index (χ1v) is 7.56. The molecule has 0 heterocycles. The second-order valence-corrected chi connectivity index (χ2v) is 6.02. The third-order valence-corrected chi connectivity index (χ3v) is 4.48. The summed E-state index contributed by atoms with van der Waals surface area (Å²) in [5, 5.41) is 2.30. The van der Waals surface area contributed by atoms with Crippen LogP contribution in [0.3, 0.4) is 0 Å². The molecule has 0 fully saturated rings. The average Bonchev–Trinajstić information content (AvgIpc) is 2.46. The normalized spacial score (nSPS) is 12.6. The monoisotopic (exact) mass is 343 g/mol. The van der Waals surface area contributed by atoms with Gasteiger partial charge in [0.2, 0.25) is 0 Å².